The highest BCUT2D eigenvalue weighted by Gasteiger charge is 2.19. The van der Waals surface area contributed by atoms with E-state index in [1.165, 1.54) is 12.1 Å². The number of nitrogens with two attached hydrogens (primary N) is 1. The molecule has 106 valence electrons. The first-order valence-corrected chi connectivity index (χ1v) is 9.54. The van der Waals surface area contributed by atoms with E-state index >= 15 is 0 Å². The van der Waals surface area contributed by atoms with E-state index in [0.717, 1.165) is 24.3 Å². The predicted molar refractivity (Wildman–Crippen MR) is 83.8 cm³/mol. The minimum atomic E-state index is -3.44. The van der Waals surface area contributed by atoms with Crippen LogP contribution < -0.4 is 10.5 Å². The molecule has 2 rings (SSSR count). The normalized spacial score (nSPS) is 17.5. The van der Waals surface area contributed by atoms with Gasteiger partial charge >= 0.3 is 0 Å². The van der Waals surface area contributed by atoms with E-state index in [9.17, 15) is 8.42 Å². The summed E-state index contributed by atoms with van der Waals surface area (Å²) in [5.74, 6) is 2.70. The number of hydrogen-bond acceptors (Lipinski definition) is 4. The summed E-state index contributed by atoms with van der Waals surface area (Å²) in [4.78, 5) is 0.249. The van der Waals surface area contributed by atoms with Crippen LogP contribution in [0.3, 0.4) is 0 Å². The summed E-state index contributed by atoms with van der Waals surface area (Å²) in [5.41, 5.74) is 6.19. The van der Waals surface area contributed by atoms with E-state index in [0.29, 0.717) is 22.6 Å². The van der Waals surface area contributed by atoms with Gasteiger partial charge < -0.3 is 5.73 Å². The standard InChI is InChI=1S/C12H17BrN2O2S2/c13-11-7-10(1-2-12(11)14)19(16,17)15-8-9-3-5-18-6-4-9/h1-2,7,9,15H,3-6,8,14H2. The Morgan fingerprint density at radius 3 is 2.68 bits per heavy atom. The van der Waals surface area contributed by atoms with Crippen LogP contribution in [-0.4, -0.2) is 26.5 Å². The second-order valence-corrected chi connectivity index (χ2v) is 8.44. The Morgan fingerprint density at radius 1 is 1.37 bits per heavy atom. The van der Waals surface area contributed by atoms with Crippen LogP contribution in [0.4, 0.5) is 5.69 Å². The first-order chi connectivity index (χ1) is 8.99. The number of sulfonamides is 1. The number of hydrogen-bond donors (Lipinski definition) is 2. The fraction of sp³-hybridized carbons (Fsp3) is 0.500. The van der Waals surface area contributed by atoms with Crippen molar-refractivity contribution in [1.29, 1.82) is 0 Å². The minimum Gasteiger partial charge on any atom is -0.398 e. The van der Waals surface area contributed by atoms with Gasteiger partial charge in [-0.2, -0.15) is 11.8 Å². The minimum absolute atomic E-state index is 0.249. The molecule has 1 saturated heterocycles. The van der Waals surface area contributed by atoms with Gasteiger partial charge in [0.15, 0.2) is 0 Å². The van der Waals surface area contributed by atoms with Crippen LogP contribution in [0.2, 0.25) is 0 Å². The van der Waals surface area contributed by atoms with Crippen LogP contribution in [0.1, 0.15) is 12.8 Å². The lowest BCUT2D eigenvalue weighted by Crippen LogP contribution is -2.31. The summed E-state index contributed by atoms with van der Waals surface area (Å²) >= 11 is 5.18. The molecule has 0 spiro atoms. The van der Waals surface area contributed by atoms with Gasteiger partial charge in [0.1, 0.15) is 0 Å². The Hall–Kier alpha value is -0.240. The molecule has 1 heterocycles. The Bertz CT molecular complexity index is 543. The molecule has 1 aromatic carbocycles. The molecule has 19 heavy (non-hydrogen) atoms. The summed E-state index contributed by atoms with van der Waals surface area (Å²) < 4.78 is 27.6. The Balaban J connectivity index is 2.02. The third-order valence-corrected chi connectivity index (χ3v) is 6.34. The van der Waals surface area contributed by atoms with Gasteiger partial charge in [-0.05, 0) is 64.4 Å². The summed E-state index contributed by atoms with van der Waals surface area (Å²) in [6.07, 6.45) is 2.16. The van der Waals surface area contributed by atoms with Gasteiger partial charge in [0, 0.05) is 16.7 Å². The molecule has 4 nitrogen and oxygen atoms in total. The second kappa shape index (κ2) is 6.47. The van der Waals surface area contributed by atoms with Crippen molar-refractivity contribution in [3.8, 4) is 0 Å². The van der Waals surface area contributed by atoms with E-state index in [1.54, 1.807) is 6.07 Å². The third kappa shape index (κ3) is 4.11. The molecule has 0 aliphatic carbocycles. The van der Waals surface area contributed by atoms with Crippen molar-refractivity contribution in [2.75, 3.05) is 23.8 Å². The van der Waals surface area contributed by atoms with Gasteiger partial charge in [0.2, 0.25) is 10.0 Å². The number of nitrogens with one attached hydrogen (secondary N) is 1. The van der Waals surface area contributed by atoms with Crippen LogP contribution >= 0.6 is 27.7 Å². The molecule has 1 aliphatic heterocycles. The van der Waals surface area contributed by atoms with Crippen molar-refractivity contribution >= 4 is 43.4 Å². The van der Waals surface area contributed by atoms with Crippen molar-refractivity contribution in [3.05, 3.63) is 22.7 Å². The third-order valence-electron chi connectivity index (χ3n) is 3.19. The molecule has 0 bridgehead atoms. The lowest BCUT2D eigenvalue weighted by atomic mass is 10.0. The lowest BCUT2D eigenvalue weighted by molar-refractivity contribution is 0.476. The topological polar surface area (TPSA) is 72.2 Å². The van der Waals surface area contributed by atoms with Crippen LogP contribution in [0.25, 0.3) is 0 Å². The molecule has 7 heteroatoms. The molecule has 0 aromatic heterocycles. The van der Waals surface area contributed by atoms with Gasteiger partial charge in [-0.1, -0.05) is 0 Å². The van der Waals surface area contributed by atoms with E-state index in [4.69, 9.17) is 5.73 Å². The lowest BCUT2D eigenvalue weighted by Gasteiger charge is -2.21. The van der Waals surface area contributed by atoms with Gasteiger partial charge in [0.05, 0.1) is 4.90 Å². The molecular formula is C12H17BrN2O2S2. The van der Waals surface area contributed by atoms with Crippen molar-refractivity contribution in [2.45, 2.75) is 17.7 Å². The zero-order chi connectivity index (χ0) is 13.9. The first-order valence-electron chi connectivity index (χ1n) is 6.11. The molecule has 1 aromatic rings. The van der Waals surface area contributed by atoms with Gasteiger partial charge in [-0.15, -0.1) is 0 Å². The van der Waals surface area contributed by atoms with Gasteiger partial charge in [-0.25, -0.2) is 13.1 Å². The highest BCUT2D eigenvalue weighted by molar-refractivity contribution is 9.10. The number of benzene rings is 1. The average molecular weight is 365 g/mol. The number of thioether (sulfide) groups is 1. The van der Waals surface area contributed by atoms with E-state index in [2.05, 4.69) is 20.7 Å². The van der Waals surface area contributed by atoms with Gasteiger partial charge in [0.25, 0.3) is 0 Å². The maximum absolute atomic E-state index is 12.2. The van der Waals surface area contributed by atoms with Crippen LogP contribution in [-0.2, 0) is 10.0 Å². The van der Waals surface area contributed by atoms with Crippen LogP contribution in [0, 0.1) is 5.92 Å². The largest absolute Gasteiger partial charge is 0.398 e. The second-order valence-electron chi connectivity index (χ2n) is 4.59. The quantitative estimate of drug-likeness (QED) is 0.804. The maximum atomic E-state index is 12.2. The molecule has 0 amide bonds. The van der Waals surface area contributed by atoms with E-state index in [-0.39, 0.29) is 4.90 Å². The predicted octanol–water partition coefficient (Wildman–Crippen LogP) is 2.45. The molecule has 0 atom stereocenters. The molecule has 0 radical (unpaired) electrons. The highest BCUT2D eigenvalue weighted by atomic mass is 79.9. The first kappa shape index (κ1) is 15.2. The van der Waals surface area contributed by atoms with E-state index < -0.39 is 10.0 Å². The number of anilines is 1. The maximum Gasteiger partial charge on any atom is 0.240 e. The zero-order valence-corrected chi connectivity index (χ0v) is 13.7. The summed E-state index contributed by atoms with van der Waals surface area (Å²) in [6, 6.07) is 4.66. The molecule has 0 unspecified atom stereocenters. The zero-order valence-electron chi connectivity index (χ0n) is 10.4. The molecule has 1 fully saturated rings. The molecule has 0 saturated carbocycles. The Kier molecular flexibility index (Phi) is 5.16. The smallest absolute Gasteiger partial charge is 0.240 e. The monoisotopic (exact) mass is 364 g/mol. The van der Waals surface area contributed by atoms with Crippen molar-refractivity contribution in [3.63, 3.8) is 0 Å². The fourth-order valence-corrected chi connectivity index (χ4v) is 4.81. The van der Waals surface area contributed by atoms with Crippen molar-refractivity contribution in [1.82, 2.24) is 4.72 Å². The molecular weight excluding hydrogens is 348 g/mol. The summed E-state index contributed by atoms with van der Waals surface area (Å²) in [5, 5.41) is 0. The van der Waals surface area contributed by atoms with Crippen molar-refractivity contribution < 1.29 is 8.42 Å². The number of halogens is 1. The number of nitrogen functional groups attached to an aromatic ring is 1. The number of rotatable bonds is 4. The highest BCUT2D eigenvalue weighted by Crippen LogP contribution is 2.24. The fourth-order valence-electron chi connectivity index (χ4n) is 1.94. The SMILES string of the molecule is Nc1ccc(S(=O)(=O)NCC2CCSCC2)cc1Br. The molecule has 3 N–H and O–H groups in total. The van der Waals surface area contributed by atoms with Crippen LogP contribution in [0.5, 0.6) is 0 Å². The summed E-state index contributed by atoms with van der Waals surface area (Å²) in [6.45, 7) is 0.519. The Morgan fingerprint density at radius 2 is 2.05 bits per heavy atom. The van der Waals surface area contributed by atoms with Crippen molar-refractivity contribution in [2.24, 2.45) is 5.92 Å². The summed E-state index contributed by atoms with van der Waals surface area (Å²) in [7, 11) is -3.44. The molecule has 1 aliphatic rings. The van der Waals surface area contributed by atoms with Gasteiger partial charge in [-0.3, -0.25) is 0 Å². The van der Waals surface area contributed by atoms with E-state index in [1.807, 2.05) is 11.8 Å². The van der Waals surface area contributed by atoms with Crippen LogP contribution in [0.15, 0.2) is 27.6 Å². The Labute approximate surface area is 126 Å². The average Bonchev–Trinajstić information content (AvgIpc) is 2.41.